The standard InChI is InChI=1S/C17H22N2O2/c1-11-6-4-7-14-15(8-5-9-20-17(11)14)18-10-16-19-12(2)13(3)21-16/h4,6-7,15,18H,5,8-10H2,1-3H3. The lowest BCUT2D eigenvalue weighted by Crippen LogP contribution is -2.21. The monoisotopic (exact) mass is 286 g/mol. The van der Waals surface area contributed by atoms with Crippen LogP contribution in [0.4, 0.5) is 0 Å². The van der Waals surface area contributed by atoms with E-state index < -0.39 is 0 Å². The smallest absolute Gasteiger partial charge is 0.208 e. The van der Waals surface area contributed by atoms with E-state index in [4.69, 9.17) is 9.15 Å². The fourth-order valence-electron chi connectivity index (χ4n) is 2.80. The van der Waals surface area contributed by atoms with Gasteiger partial charge in [0.15, 0.2) is 0 Å². The Hall–Kier alpha value is -1.81. The molecule has 1 atom stereocenters. The summed E-state index contributed by atoms with van der Waals surface area (Å²) in [6.07, 6.45) is 2.12. The Balaban J connectivity index is 1.78. The lowest BCUT2D eigenvalue weighted by Gasteiger charge is -2.18. The van der Waals surface area contributed by atoms with Crippen molar-refractivity contribution in [1.82, 2.24) is 10.3 Å². The van der Waals surface area contributed by atoms with Gasteiger partial charge in [0.1, 0.15) is 11.5 Å². The maximum Gasteiger partial charge on any atom is 0.208 e. The second kappa shape index (κ2) is 5.90. The summed E-state index contributed by atoms with van der Waals surface area (Å²) in [6.45, 7) is 7.45. The van der Waals surface area contributed by atoms with Crippen LogP contribution in [0.15, 0.2) is 22.6 Å². The molecule has 0 saturated carbocycles. The number of hydrogen-bond acceptors (Lipinski definition) is 4. The van der Waals surface area contributed by atoms with E-state index in [-0.39, 0.29) is 6.04 Å². The van der Waals surface area contributed by atoms with E-state index in [2.05, 4.69) is 35.4 Å². The van der Waals surface area contributed by atoms with Crippen molar-refractivity contribution in [3.05, 3.63) is 46.7 Å². The van der Waals surface area contributed by atoms with E-state index in [1.807, 2.05) is 13.8 Å². The quantitative estimate of drug-likeness (QED) is 0.936. The minimum Gasteiger partial charge on any atom is -0.493 e. The number of ether oxygens (including phenoxy) is 1. The zero-order valence-corrected chi connectivity index (χ0v) is 12.9. The molecule has 112 valence electrons. The molecular formula is C17H22N2O2. The number of nitrogens with zero attached hydrogens (tertiary/aromatic N) is 1. The van der Waals surface area contributed by atoms with Crippen LogP contribution in [0.25, 0.3) is 0 Å². The van der Waals surface area contributed by atoms with Gasteiger partial charge >= 0.3 is 0 Å². The number of oxazole rings is 1. The summed E-state index contributed by atoms with van der Waals surface area (Å²) in [4.78, 5) is 4.43. The van der Waals surface area contributed by atoms with E-state index >= 15 is 0 Å². The maximum atomic E-state index is 5.91. The SMILES string of the molecule is Cc1cccc2c1OCCCC2NCc1nc(C)c(C)o1. The topological polar surface area (TPSA) is 47.3 Å². The first-order valence-corrected chi connectivity index (χ1v) is 7.53. The van der Waals surface area contributed by atoms with Crippen molar-refractivity contribution in [1.29, 1.82) is 0 Å². The van der Waals surface area contributed by atoms with E-state index in [1.165, 1.54) is 11.1 Å². The van der Waals surface area contributed by atoms with Crippen molar-refractivity contribution < 1.29 is 9.15 Å². The van der Waals surface area contributed by atoms with E-state index in [0.29, 0.717) is 6.54 Å². The van der Waals surface area contributed by atoms with E-state index in [0.717, 1.165) is 42.5 Å². The third-order valence-corrected chi connectivity index (χ3v) is 4.07. The first-order chi connectivity index (χ1) is 10.1. The average molecular weight is 286 g/mol. The van der Waals surface area contributed by atoms with E-state index in [9.17, 15) is 0 Å². The first kappa shape index (κ1) is 14.1. The number of nitrogens with one attached hydrogen (secondary N) is 1. The molecule has 0 fully saturated rings. The largest absolute Gasteiger partial charge is 0.493 e. The summed E-state index contributed by atoms with van der Waals surface area (Å²) < 4.78 is 11.5. The summed E-state index contributed by atoms with van der Waals surface area (Å²) in [7, 11) is 0. The van der Waals surface area contributed by atoms with Gasteiger partial charge in [-0.1, -0.05) is 18.2 Å². The van der Waals surface area contributed by atoms with Crippen molar-refractivity contribution >= 4 is 0 Å². The minimum atomic E-state index is 0.287. The molecule has 1 aliphatic heterocycles. The highest BCUT2D eigenvalue weighted by Gasteiger charge is 2.21. The Morgan fingerprint density at radius 2 is 2.14 bits per heavy atom. The Kier molecular flexibility index (Phi) is 3.97. The summed E-state index contributed by atoms with van der Waals surface area (Å²) in [5.74, 6) is 2.68. The molecule has 0 saturated heterocycles. The number of rotatable bonds is 3. The summed E-state index contributed by atoms with van der Waals surface area (Å²) in [5.41, 5.74) is 3.41. The number of fused-ring (bicyclic) bond motifs is 1. The molecule has 0 radical (unpaired) electrons. The zero-order valence-electron chi connectivity index (χ0n) is 12.9. The van der Waals surface area contributed by atoms with Crippen LogP contribution in [0.2, 0.25) is 0 Å². The predicted molar refractivity (Wildman–Crippen MR) is 81.5 cm³/mol. The van der Waals surface area contributed by atoms with Crippen LogP contribution >= 0.6 is 0 Å². The van der Waals surface area contributed by atoms with Crippen LogP contribution in [-0.2, 0) is 6.54 Å². The highest BCUT2D eigenvalue weighted by atomic mass is 16.5. The fraction of sp³-hybridized carbons (Fsp3) is 0.471. The average Bonchev–Trinajstić information content (AvgIpc) is 2.67. The molecule has 1 N–H and O–H groups in total. The van der Waals surface area contributed by atoms with Gasteiger partial charge in [-0.05, 0) is 39.2 Å². The van der Waals surface area contributed by atoms with Crippen molar-refractivity contribution in [2.75, 3.05) is 6.61 Å². The van der Waals surface area contributed by atoms with Gasteiger partial charge in [-0.15, -0.1) is 0 Å². The molecule has 0 spiro atoms. The van der Waals surface area contributed by atoms with Crippen LogP contribution < -0.4 is 10.1 Å². The molecule has 0 aliphatic carbocycles. The van der Waals surface area contributed by atoms with Gasteiger partial charge in [-0.3, -0.25) is 0 Å². The lowest BCUT2D eigenvalue weighted by atomic mass is 10.00. The Bertz CT molecular complexity index is 614. The Morgan fingerprint density at radius 1 is 1.29 bits per heavy atom. The van der Waals surface area contributed by atoms with Crippen molar-refractivity contribution in [3.63, 3.8) is 0 Å². The molecule has 0 bridgehead atoms. The summed E-state index contributed by atoms with van der Waals surface area (Å²) >= 11 is 0. The molecule has 4 nitrogen and oxygen atoms in total. The molecule has 2 aromatic rings. The summed E-state index contributed by atoms with van der Waals surface area (Å²) in [6, 6.07) is 6.63. The molecule has 1 unspecified atom stereocenters. The van der Waals surface area contributed by atoms with Crippen LogP contribution in [0, 0.1) is 20.8 Å². The Labute approximate surface area is 125 Å². The molecule has 0 amide bonds. The molecular weight excluding hydrogens is 264 g/mol. The van der Waals surface area contributed by atoms with Crippen molar-refractivity contribution in [3.8, 4) is 5.75 Å². The molecule has 21 heavy (non-hydrogen) atoms. The van der Waals surface area contributed by atoms with Gasteiger partial charge < -0.3 is 14.5 Å². The number of para-hydroxylation sites is 1. The minimum absolute atomic E-state index is 0.287. The molecule has 2 heterocycles. The number of aromatic nitrogens is 1. The zero-order chi connectivity index (χ0) is 14.8. The number of benzene rings is 1. The van der Waals surface area contributed by atoms with Gasteiger partial charge in [-0.2, -0.15) is 0 Å². The molecule has 1 aromatic carbocycles. The van der Waals surface area contributed by atoms with Crippen molar-refractivity contribution in [2.45, 2.75) is 46.2 Å². The van der Waals surface area contributed by atoms with Gasteiger partial charge in [0.05, 0.1) is 18.8 Å². The van der Waals surface area contributed by atoms with Crippen LogP contribution in [0.3, 0.4) is 0 Å². The van der Waals surface area contributed by atoms with Gasteiger partial charge in [-0.25, -0.2) is 4.98 Å². The molecule has 3 rings (SSSR count). The summed E-state index contributed by atoms with van der Waals surface area (Å²) in [5, 5.41) is 3.57. The number of hydrogen-bond donors (Lipinski definition) is 1. The Morgan fingerprint density at radius 3 is 2.90 bits per heavy atom. The highest BCUT2D eigenvalue weighted by molar-refractivity contribution is 5.43. The first-order valence-electron chi connectivity index (χ1n) is 7.53. The van der Waals surface area contributed by atoms with Crippen molar-refractivity contribution in [2.24, 2.45) is 0 Å². The second-order valence-electron chi connectivity index (χ2n) is 5.67. The van der Waals surface area contributed by atoms with Crippen LogP contribution in [-0.4, -0.2) is 11.6 Å². The third-order valence-electron chi connectivity index (χ3n) is 4.07. The molecule has 4 heteroatoms. The molecule has 1 aliphatic rings. The fourth-order valence-corrected chi connectivity index (χ4v) is 2.80. The van der Waals surface area contributed by atoms with Crippen LogP contribution in [0.5, 0.6) is 5.75 Å². The molecule has 1 aromatic heterocycles. The predicted octanol–water partition coefficient (Wildman–Crippen LogP) is 3.60. The third kappa shape index (κ3) is 2.95. The number of aryl methyl sites for hydroxylation is 3. The normalized spacial score (nSPS) is 18.0. The van der Waals surface area contributed by atoms with Gasteiger partial charge in [0, 0.05) is 11.6 Å². The van der Waals surface area contributed by atoms with Gasteiger partial charge in [0.25, 0.3) is 0 Å². The second-order valence-corrected chi connectivity index (χ2v) is 5.67. The maximum absolute atomic E-state index is 5.91. The highest BCUT2D eigenvalue weighted by Crippen LogP contribution is 2.34. The lowest BCUT2D eigenvalue weighted by molar-refractivity contribution is 0.313. The van der Waals surface area contributed by atoms with Gasteiger partial charge in [0.2, 0.25) is 5.89 Å². The van der Waals surface area contributed by atoms with E-state index in [1.54, 1.807) is 0 Å². The van der Waals surface area contributed by atoms with Crippen LogP contribution in [0.1, 0.15) is 47.4 Å².